The lowest BCUT2D eigenvalue weighted by molar-refractivity contribution is 0.163. The van der Waals surface area contributed by atoms with E-state index in [1.807, 2.05) is 18.2 Å². The third kappa shape index (κ3) is 3.78. The molecule has 1 aromatic rings. The quantitative estimate of drug-likeness (QED) is 0.779. The topological polar surface area (TPSA) is 20.2 Å². The molecular weight excluding hydrogens is 275 g/mol. The number of halogens is 2. The van der Waals surface area contributed by atoms with Crippen LogP contribution in [0.2, 0.25) is 5.02 Å². The van der Waals surface area contributed by atoms with Gasteiger partial charge in [0.15, 0.2) is 0 Å². The summed E-state index contributed by atoms with van der Waals surface area (Å²) < 4.78 is 0.844. The minimum Gasteiger partial charge on any atom is -0.388 e. The maximum Gasteiger partial charge on any atom is 0.0804 e. The molecule has 0 saturated heterocycles. The summed E-state index contributed by atoms with van der Waals surface area (Å²) in [6.45, 7) is 2.15. The minimum atomic E-state index is -0.443. The molecule has 3 heteroatoms. The Labute approximate surface area is 105 Å². The SMILES string of the molecule is CCCCCC(O)c1cccc(Br)c1Cl. The molecule has 0 bridgehead atoms. The van der Waals surface area contributed by atoms with Crippen molar-refractivity contribution in [1.82, 2.24) is 0 Å². The van der Waals surface area contributed by atoms with Crippen molar-refractivity contribution in [3.8, 4) is 0 Å². The molecule has 0 aliphatic rings. The van der Waals surface area contributed by atoms with Crippen LogP contribution in [0.5, 0.6) is 0 Å². The van der Waals surface area contributed by atoms with E-state index < -0.39 is 6.10 Å². The minimum absolute atomic E-state index is 0.443. The lowest BCUT2D eigenvalue weighted by Crippen LogP contribution is -1.98. The maximum absolute atomic E-state index is 9.95. The molecule has 0 spiro atoms. The van der Waals surface area contributed by atoms with Crippen molar-refractivity contribution in [3.63, 3.8) is 0 Å². The highest BCUT2D eigenvalue weighted by atomic mass is 79.9. The fourth-order valence-corrected chi connectivity index (χ4v) is 2.15. The second-order valence-corrected chi connectivity index (χ2v) is 4.89. The molecule has 0 aromatic heterocycles. The smallest absolute Gasteiger partial charge is 0.0804 e. The molecule has 0 aliphatic carbocycles. The summed E-state index contributed by atoms with van der Waals surface area (Å²) in [7, 11) is 0. The van der Waals surface area contributed by atoms with Gasteiger partial charge in [0.25, 0.3) is 0 Å². The number of rotatable bonds is 5. The third-order valence-corrected chi connectivity index (χ3v) is 3.73. The van der Waals surface area contributed by atoms with Gasteiger partial charge >= 0.3 is 0 Å². The van der Waals surface area contributed by atoms with Gasteiger partial charge in [-0.1, -0.05) is 49.9 Å². The number of benzene rings is 1. The zero-order valence-electron chi connectivity index (χ0n) is 8.84. The fraction of sp³-hybridized carbons (Fsp3) is 0.500. The van der Waals surface area contributed by atoms with Crippen LogP contribution in [0, 0.1) is 0 Å². The fourth-order valence-electron chi connectivity index (χ4n) is 1.52. The molecule has 0 fully saturated rings. The number of aliphatic hydroxyl groups is 1. The Morgan fingerprint density at radius 1 is 1.40 bits per heavy atom. The van der Waals surface area contributed by atoms with Gasteiger partial charge in [0.2, 0.25) is 0 Å². The second-order valence-electron chi connectivity index (χ2n) is 3.65. The molecule has 0 saturated carbocycles. The molecule has 1 unspecified atom stereocenters. The summed E-state index contributed by atoms with van der Waals surface area (Å²) in [6.07, 6.45) is 3.70. The van der Waals surface area contributed by atoms with Gasteiger partial charge in [0.05, 0.1) is 11.1 Å². The van der Waals surface area contributed by atoms with Crippen LogP contribution in [0.15, 0.2) is 22.7 Å². The maximum atomic E-state index is 9.95. The Bertz CT molecular complexity index is 314. The van der Waals surface area contributed by atoms with Gasteiger partial charge in [-0.3, -0.25) is 0 Å². The average molecular weight is 292 g/mol. The highest BCUT2D eigenvalue weighted by Gasteiger charge is 2.12. The standard InChI is InChI=1S/C12H16BrClO/c1-2-3-4-8-11(15)9-6-5-7-10(13)12(9)14/h5-7,11,15H,2-4,8H2,1H3. The Morgan fingerprint density at radius 3 is 2.80 bits per heavy atom. The summed E-state index contributed by atoms with van der Waals surface area (Å²) in [6, 6.07) is 5.66. The van der Waals surface area contributed by atoms with Gasteiger partial charge in [-0.25, -0.2) is 0 Å². The molecule has 0 radical (unpaired) electrons. The molecule has 15 heavy (non-hydrogen) atoms. The molecule has 1 nitrogen and oxygen atoms in total. The molecule has 0 heterocycles. The van der Waals surface area contributed by atoms with Crippen LogP contribution < -0.4 is 0 Å². The first-order valence-corrected chi connectivity index (χ1v) is 6.46. The Hall–Kier alpha value is -0.0500. The molecule has 0 aliphatic heterocycles. The average Bonchev–Trinajstić information content (AvgIpc) is 2.22. The second kappa shape index (κ2) is 6.51. The van der Waals surface area contributed by atoms with E-state index in [-0.39, 0.29) is 0 Å². The van der Waals surface area contributed by atoms with Crippen molar-refractivity contribution in [2.45, 2.75) is 38.7 Å². The van der Waals surface area contributed by atoms with E-state index in [0.717, 1.165) is 29.3 Å². The van der Waals surface area contributed by atoms with Crippen LogP contribution in [-0.4, -0.2) is 5.11 Å². The van der Waals surface area contributed by atoms with Gasteiger partial charge in [0, 0.05) is 10.0 Å². The molecule has 1 aromatic carbocycles. The van der Waals surface area contributed by atoms with E-state index in [4.69, 9.17) is 11.6 Å². The van der Waals surface area contributed by atoms with Gasteiger partial charge in [-0.05, 0) is 28.4 Å². The first-order valence-electron chi connectivity index (χ1n) is 5.28. The summed E-state index contributed by atoms with van der Waals surface area (Å²) in [4.78, 5) is 0. The number of aliphatic hydroxyl groups excluding tert-OH is 1. The van der Waals surface area contributed by atoms with Crippen LogP contribution in [0.25, 0.3) is 0 Å². The van der Waals surface area contributed by atoms with E-state index in [1.54, 1.807) is 0 Å². The summed E-state index contributed by atoms with van der Waals surface area (Å²) >= 11 is 9.45. The van der Waals surface area contributed by atoms with E-state index in [9.17, 15) is 5.11 Å². The van der Waals surface area contributed by atoms with E-state index in [0.29, 0.717) is 5.02 Å². The number of unbranched alkanes of at least 4 members (excludes halogenated alkanes) is 2. The van der Waals surface area contributed by atoms with Gasteiger partial charge < -0.3 is 5.11 Å². The lowest BCUT2D eigenvalue weighted by Gasteiger charge is -2.13. The number of hydrogen-bond donors (Lipinski definition) is 1. The molecule has 1 atom stereocenters. The Kier molecular flexibility index (Phi) is 5.65. The number of hydrogen-bond acceptors (Lipinski definition) is 1. The van der Waals surface area contributed by atoms with Gasteiger partial charge in [-0.2, -0.15) is 0 Å². The van der Waals surface area contributed by atoms with Crippen molar-refractivity contribution in [1.29, 1.82) is 0 Å². The van der Waals surface area contributed by atoms with Crippen molar-refractivity contribution in [2.24, 2.45) is 0 Å². The monoisotopic (exact) mass is 290 g/mol. The Morgan fingerprint density at radius 2 is 2.13 bits per heavy atom. The van der Waals surface area contributed by atoms with Crippen LogP contribution in [-0.2, 0) is 0 Å². The molecule has 84 valence electrons. The zero-order valence-corrected chi connectivity index (χ0v) is 11.2. The van der Waals surface area contributed by atoms with E-state index in [2.05, 4.69) is 22.9 Å². The van der Waals surface area contributed by atoms with Crippen LogP contribution in [0.3, 0.4) is 0 Å². The first-order chi connectivity index (χ1) is 7.16. The van der Waals surface area contributed by atoms with Crippen LogP contribution in [0.4, 0.5) is 0 Å². The molecule has 1 N–H and O–H groups in total. The van der Waals surface area contributed by atoms with Crippen molar-refractivity contribution < 1.29 is 5.11 Å². The largest absolute Gasteiger partial charge is 0.388 e. The van der Waals surface area contributed by atoms with E-state index in [1.165, 1.54) is 6.42 Å². The zero-order chi connectivity index (χ0) is 11.3. The van der Waals surface area contributed by atoms with Crippen molar-refractivity contribution in [3.05, 3.63) is 33.3 Å². The van der Waals surface area contributed by atoms with E-state index >= 15 is 0 Å². The Balaban J connectivity index is 2.65. The summed E-state index contributed by atoms with van der Waals surface area (Å²) in [5.74, 6) is 0. The molecule has 0 amide bonds. The third-order valence-electron chi connectivity index (χ3n) is 2.42. The predicted molar refractivity (Wildman–Crippen MR) is 68.3 cm³/mol. The van der Waals surface area contributed by atoms with Crippen LogP contribution in [0.1, 0.15) is 44.3 Å². The summed E-state index contributed by atoms with van der Waals surface area (Å²) in [5.41, 5.74) is 0.821. The first kappa shape index (κ1) is 13.0. The van der Waals surface area contributed by atoms with Gasteiger partial charge in [-0.15, -0.1) is 0 Å². The lowest BCUT2D eigenvalue weighted by atomic mass is 10.0. The summed E-state index contributed by atoms with van der Waals surface area (Å²) in [5, 5.41) is 10.6. The molecular formula is C12H16BrClO. The van der Waals surface area contributed by atoms with Gasteiger partial charge in [0.1, 0.15) is 0 Å². The highest BCUT2D eigenvalue weighted by molar-refractivity contribution is 9.10. The van der Waals surface area contributed by atoms with Crippen molar-refractivity contribution >= 4 is 27.5 Å². The predicted octanol–water partition coefficient (Wildman–Crippen LogP) is 4.72. The van der Waals surface area contributed by atoms with Crippen molar-refractivity contribution in [2.75, 3.05) is 0 Å². The normalized spacial score (nSPS) is 12.8. The highest BCUT2D eigenvalue weighted by Crippen LogP contribution is 2.32. The van der Waals surface area contributed by atoms with Crippen LogP contribution >= 0.6 is 27.5 Å². The molecule has 1 rings (SSSR count).